The second kappa shape index (κ2) is 7.82. The second-order valence-electron chi connectivity index (χ2n) is 7.19. The van der Waals surface area contributed by atoms with Crippen LogP contribution in [-0.2, 0) is 13.6 Å². The third-order valence-corrected chi connectivity index (χ3v) is 5.18. The molecule has 0 spiro atoms. The average Bonchev–Trinajstić information content (AvgIpc) is 3.20. The molecule has 9 heteroatoms. The van der Waals surface area contributed by atoms with Gasteiger partial charge in [0.15, 0.2) is 0 Å². The summed E-state index contributed by atoms with van der Waals surface area (Å²) < 4.78 is 1.72. The Morgan fingerprint density at radius 3 is 2.74 bits per heavy atom. The number of hydrogen-bond donors (Lipinski definition) is 1. The highest BCUT2D eigenvalue weighted by Crippen LogP contribution is 2.24. The van der Waals surface area contributed by atoms with Gasteiger partial charge in [-0.15, -0.1) is 0 Å². The standard InChI is InChI=1S/C18H26ClN7O/c1-11-12(2)21-16(18(27)24(3)4)22-17(11)26-7-6-13(9-26)20-8-15-14(19)10-25(5)23-15/h10,13,20H,6-9H2,1-5H3/t13-/m1/s1. The minimum absolute atomic E-state index is 0.182. The quantitative estimate of drug-likeness (QED) is 0.833. The Morgan fingerprint density at radius 2 is 2.11 bits per heavy atom. The molecule has 0 unspecified atom stereocenters. The third kappa shape index (κ3) is 4.22. The first-order chi connectivity index (χ1) is 12.8. The summed E-state index contributed by atoms with van der Waals surface area (Å²) in [6, 6.07) is 0.311. The molecule has 0 bridgehead atoms. The maximum absolute atomic E-state index is 12.3. The van der Waals surface area contributed by atoms with Gasteiger partial charge in [0.2, 0.25) is 5.82 Å². The molecule has 1 saturated heterocycles. The minimum atomic E-state index is -0.182. The molecule has 1 atom stereocenters. The first kappa shape index (κ1) is 19.6. The molecule has 8 nitrogen and oxygen atoms in total. The van der Waals surface area contributed by atoms with Crippen molar-refractivity contribution in [1.82, 2.24) is 30.0 Å². The number of halogens is 1. The molecule has 1 aliphatic rings. The molecule has 1 fully saturated rings. The van der Waals surface area contributed by atoms with Gasteiger partial charge in [0.05, 0.1) is 10.7 Å². The SMILES string of the molecule is Cc1nc(C(=O)N(C)C)nc(N2CC[C@@H](NCc3nn(C)cc3Cl)C2)c1C. The van der Waals surface area contributed by atoms with Crippen molar-refractivity contribution in [3.63, 3.8) is 0 Å². The van der Waals surface area contributed by atoms with Crippen LogP contribution in [0, 0.1) is 13.8 Å². The van der Waals surface area contributed by atoms with Crippen LogP contribution in [0.5, 0.6) is 0 Å². The summed E-state index contributed by atoms with van der Waals surface area (Å²) in [5, 5.41) is 8.56. The van der Waals surface area contributed by atoms with Crippen molar-refractivity contribution in [3.05, 3.63) is 34.0 Å². The number of amides is 1. The van der Waals surface area contributed by atoms with E-state index in [0.29, 0.717) is 17.6 Å². The van der Waals surface area contributed by atoms with Crippen molar-refractivity contribution in [2.45, 2.75) is 32.9 Å². The highest BCUT2D eigenvalue weighted by molar-refractivity contribution is 6.31. The summed E-state index contributed by atoms with van der Waals surface area (Å²) in [6.45, 7) is 6.24. The molecular weight excluding hydrogens is 366 g/mol. The van der Waals surface area contributed by atoms with E-state index in [1.807, 2.05) is 20.9 Å². The highest BCUT2D eigenvalue weighted by Gasteiger charge is 2.27. The number of rotatable bonds is 5. The molecule has 0 aromatic carbocycles. The largest absolute Gasteiger partial charge is 0.355 e. The summed E-state index contributed by atoms with van der Waals surface area (Å²) in [7, 11) is 5.28. The van der Waals surface area contributed by atoms with Crippen LogP contribution in [0.3, 0.4) is 0 Å². The predicted octanol–water partition coefficient (Wildman–Crippen LogP) is 1.55. The van der Waals surface area contributed by atoms with Gasteiger partial charge in [-0.1, -0.05) is 11.6 Å². The van der Waals surface area contributed by atoms with Crippen molar-refractivity contribution < 1.29 is 4.79 Å². The van der Waals surface area contributed by atoms with E-state index >= 15 is 0 Å². The number of carbonyl (C=O) groups excluding carboxylic acids is 1. The normalized spacial score (nSPS) is 16.8. The molecule has 1 aliphatic heterocycles. The molecule has 0 saturated carbocycles. The van der Waals surface area contributed by atoms with E-state index in [1.165, 1.54) is 4.90 Å². The summed E-state index contributed by atoms with van der Waals surface area (Å²) in [4.78, 5) is 24.9. The Labute approximate surface area is 164 Å². The molecule has 2 aromatic rings. The van der Waals surface area contributed by atoms with Crippen LogP contribution in [0.2, 0.25) is 5.02 Å². The summed E-state index contributed by atoms with van der Waals surface area (Å²) in [5.41, 5.74) is 2.70. The van der Waals surface area contributed by atoms with E-state index in [4.69, 9.17) is 11.6 Å². The molecule has 1 N–H and O–H groups in total. The van der Waals surface area contributed by atoms with Crippen LogP contribution in [-0.4, -0.2) is 63.8 Å². The molecule has 0 radical (unpaired) electrons. The van der Waals surface area contributed by atoms with Gasteiger partial charge in [-0.25, -0.2) is 9.97 Å². The number of nitrogens with one attached hydrogen (secondary N) is 1. The van der Waals surface area contributed by atoms with E-state index in [1.54, 1.807) is 25.0 Å². The summed E-state index contributed by atoms with van der Waals surface area (Å²) in [6.07, 6.45) is 2.79. The minimum Gasteiger partial charge on any atom is -0.355 e. The van der Waals surface area contributed by atoms with Gasteiger partial charge in [-0.3, -0.25) is 9.48 Å². The molecule has 3 rings (SSSR count). The fourth-order valence-electron chi connectivity index (χ4n) is 3.20. The van der Waals surface area contributed by atoms with Crippen LogP contribution in [0.1, 0.15) is 34.0 Å². The average molecular weight is 392 g/mol. The zero-order valence-corrected chi connectivity index (χ0v) is 17.2. The predicted molar refractivity (Wildman–Crippen MR) is 105 cm³/mol. The molecule has 0 aliphatic carbocycles. The van der Waals surface area contributed by atoms with Crippen LogP contribution in [0.15, 0.2) is 6.20 Å². The third-order valence-electron chi connectivity index (χ3n) is 4.86. The van der Waals surface area contributed by atoms with Crippen molar-refractivity contribution in [2.24, 2.45) is 7.05 Å². The number of hydrogen-bond acceptors (Lipinski definition) is 6. The zero-order chi connectivity index (χ0) is 19.7. The van der Waals surface area contributed by atoms with Gasteiger partial charge in [0, 0.05) is 64.3 Å². The lowest BCUT2D eigenvalue weighted by Gasteiger charge is -2.22. The van der Waals surface area contributed by atoms with E-state index in [-0.39, 0.29) is 11.7 Å². The Kier molecular flexibility index (Phi) is 5.67. The van der Waals surface area contributed by atoms with Crippen molar-refractivity contribution in [1.29, 1.82) is 0 Å². The Hall–Kier alpha value is -2.19. The smallest absolute Gasteiger partial charge is 0.291 e. The second-order valence-corrected chi connectivity index (χ2v) is 7.60. The Morgan fingerprint density at radius 1 is 1.37 bits per heavy atom. The lowest BCUT2D eigenvalue weighted by molar-refractivity contribution is 0.0815. The maximum Gasteiger partial charge on any atom is 0.291 e. The van der Waals surface area contributed by atoms with Crippen LogP contribution >= 0.6 is 11.6 Å². The maximum atomic E-state index is 12.3. The van der Waals surface area contributed by atoms with Gasteiger partial charge in [0.1, 0.15) is 5.82 Å². The monoisotopic (exact) mass is 391 g/mol. The van der Waals surface area contributed by atoms with Crippen molar-refractivity contribution >= 4 is 23.3 Å². The summed E-state index contributed by atoms with van der Waals surface area (Å²) >= 11 is 6.18. The van der Waals surface area contributed by atoms with E-state index in [2.05, 4.69) is 25.3 Å². The van der Waals surface area contributed by atoms with Gasteiger partial charge < -0.3 is 15.1 Å². The Bertz CT molecular complexity index is 848. The van der Waals surface area contributed by atoms with Crippen LogP contribution in [0.4, 0.5) is 5.82 Å². The van der Waals surface area contributed by atoms with Gasteiger partial charge >= 0.3 is 0 Å². The molecule has 2 aromatic heterocycles. The lowest BCUT2D eigenvalue weighted by Crippen LogP contribution is -2.33. The first-order valence-electron chi connectivity index (χ1n) is 8.99. The van der Waals surface area contributed by atoms with Crippen molar-refractivity contribution in [2.75, 3.05) is 32.1 Å². The number of aromatic nitrogens is 4. The molecule has 27 heavy (non-hydrogen) atoms. The number of aryl methyl sites for hydroxylation is 2. The number of nitrogens with zero attached hydrogens (tertiary/aromatic N) is 6. The first-order valence-corrected chi connectivity index (χ1v) is 9.37. The fourth-order valence-corrected chi connectivity index (χ4v) is 3.45. The fraction of sp³-hybridized carbons (Fsp3) is 0.556. The molecule has 3 heterocycles. The van der Waals surface area contributed by atoms with Gasteiger partial charge in [-0.2, -0.15) is 5.10 Å². The number of anilines is 1. The highest BCUT2D eigenvalue weighted by atomic mass is 35.5. The topological polar surface area (TPSA) is 79.2 Å². The Balaban J connectivity index is 1.71. The molecular formula is C18H26ClN7O. The van der Waals surface area contributed by atoms with E-state index in [9.17, 15) is 4.79 Å². The van der Waals surface area contributed by atoms with E-state index in [0.717, 1.165) is 42.3 Å². The molecule has 1 amide bonds. The number of carbonyl (C=O) groups is 1. The van der Waals surface area contributed by atoms with Gasteiger partial charge in [-0.05, 0) is 20.3 Å². The molecule has 146 valence electrons. The zero-order valence-electron chi connectivity index (χ0n) is 16.5. The summed E-state index contributed by atoms with van der Waals surface area (Å²) in [5.74, 6) is 0.903. The lowest BCUT2D eigenvalue weighted by atomic mass is 10.2. The van der Waals surface area contributed by atoms with E-state index < -0.39 is 0 Å². The van der Waals surface area contributed by atoms with Crippen LogP contribution < -0.4 is 10.2 Å². The van der Waals surface area contributed by atoms with Crippen LogP contribution in [0.25, 0.3) is 0 Å². The van der Waals surface area contributed by atoms with Gasteiger partial charge in [0.25, 0.3) is 5.91 Å². The van der Waals surface area contributed by atoms with Crippen molar-refractivity contribution in [3.8, 4) is 0 Å².